The molecule has 1 aliphatic rings. The summed E-state index contributed by atoms with van der Waals surface area (Å²) in [6.07, 6.45) is 6.68. The molecule has 5 heteroatoms. The zero-order valence-electron chi connectivity index (χ0n) is 16.8. The van der Waals surface area contributed by atoms with Gasteiger partial charge in [0.15, 0.2) is 0 Å². The predicted molar refractivity (Wildman–Crippen MR) is 101 cm³/mol. The second-order valence-corrected chi connectivity index (χ2v) is 8.25. The highest BCUT2D eigenvalue weighted by Crippen LogP contribution is 2.31. The summed E-state index contributed by atoms with van der Waals surface area (Å²) in [5, 5.41) is 12.8. The maximum absolute atomic E-state index is 11.6. The molecule has 1 fully saturated rings. The first kappa shape index (κ1) is 22.4. The molecule has 1 saturated heterocycles. The normalized spacial score (nSPS) is 23.2. The van der Waals surface area contributed by atoms with Gasteiger partial charge in [-0.25, -0.2) is 0 Å². The lowest BCUT2D eigenvalue weighted by molar-refractivity contribution is -0.140. The summed E-state index contributed by atoms with van der Waals surface area (Å²) in [6, 6.07) is -0.340. The molecular weight excluding hydrogens is 318 g/mol. The molecule has 0 unspecified atom stereocenters. The molecule has 0 radical (unpaired) electrons. The molecule has 0 aliphatic carbocycles. The van der Waals surface area contributed by atoms with Crippen LogP contribution in [-0.4, -0.2) is 49.1 Å². The van der Waals surface area contributed by atoms with Crippen LogP contribution in [0.3, 0.4) is 0 Å². The minimum Gasteiger partial charge on any atom is -0.480 e. The van der Waals surface area contributed by atoms with Crippen LogP contribution in [0.15, 0.2) is 0 Å². The first-order chi connectivity index (χ1) is 11.8. The van der Waals surface area contributed by atoms with E-state index < -0.39 is 12.0 Å². The summed E-state index contributed by atoms with van der Waals surface area (Å²) >= 11 is 0. The SMILES string of the molecule is CO[C@@](C)(CCC[C@H](N[C@@H]1CCCOC1)C(=O)O)[C@@H](C)CCC(C)C. The Labute approximate surface area is 153 Å². The number of aliphatic carboxylic acids is 1. The van der Waals surface area contributed by atoms with Crippen molar-refractivity contribution in [3.05, 3.63) is 0 Å². The van der Waals surface area contributed by atoms with Crippen molar-refractivity contribution >= 4 is 5.97 Å². The van der Waals surface area contributed by atoms with Gasteiger partial charge in [0.2, 0.25) is 0 Å². The van der Waals surface area contributed by atoms with E-state index >= 15 is 0 Å². The van der Waals surface area contributed by atoms with Crippen LogP contribution in [0.4, 0.5) is 0 Å². The fourth-order valence-corrected chi connectivity index (χ4v) is 3.53. The topological polar surface area (TPSA) is 67.8 Å². The quantitative estimate of drug-likeness (QED) is 0.555. The minimum atomic E-state index is -0.766. The molecular formula is C20H39NO4. The third-order valence-electron chi connectivity index (χ3n) is 5.75. The third-order valence-corrected chi connectivity index (χ3v) is 5.75. The number of ether oxygens (including phenoxy) is 2. The van der Waals surface area contributed by atoms with Crippen molar-refractivity contribution < 1.29 is 19.4 Å². The minimum absolute atomic E-state index is 0.161. The van der Waals surface area contributed by atoms with E-state index in [-0.39, 0.29) is 11.6 Å². The molecule has 0 aromatic rings. The Morgan fingerprint density at radius 2 is 2.04 bits per heavy atom. The van der Waals surface area contributed by atoms with E-state index in [0.717, 1.165) is 38.7 Å². The zero-order chi connectivity index (χ0) is 18.9. The van der Waals surface area contributed by atoms with Crippen LogP contribution in [-0.2, 0) is 14.3 Å². The highest BCUT2D eigenvalue weighted by molar-refractivity contribution is 5.73. The molecule has 2 N–H and O–H groups in total. The average molecular weight is 358 g/mol. The molecule has 1 rings (SSSR count). The lowest BCUT2D eigenvalue weighted by Gasteiger charge is -2.35. The van der Waals surface area contributed by atoms with Crippen molar-refractivity contribution in [1.82, 2.24) is 5.32 Å². The number of carboxylic acid groups (broad SMARTS) is 1. The summed E-state index contributed by atoms with van der Waals surface area (Å²) in [6.45, 7) is 10.3. The summed E-state index contributed by atoms with van der Waals surface area (Å²) < 4.78 is 11.3. The van der Waals surface area contributed by atoms with Gasteiger partial charge in [0.1, 0.15) is 6.04 Å². The van der Waals surface area contributed by atoms with Crippen molar-refractivity contribution in [3.63, 3.8) is 0 Å². The predicted octanol–water partition coefficient (Wildman–Crippen LogP) is 3.86. The molecule has 25 heavy (non-hydrogen) atoms. The molecule has 0 aromatic heterocycles. The van der Waals surface area contributed by atoms with Crippen LogP contribution in [0.2, 0.25) is 0 Å². The Kier molecular flexibility index (Phi) is 9.98. The standard InChI is InChI=1S/C20H39NO4/c1-15(2)10-11-16(3)20(4,24-5)12-6-9-18(19(22)23)21-17-8-7-13-25-14-17/h15-18,21H,6-14H2,1-5H3,(H,22,23)/t16-,17+,18-,20-/m0/s1. The number of nitrogens with one attached hydrogen (secondary N) is 1. The summed E-state index contributed by atoms with van der Waals surface area (Å²) in [7, 11) is 1.78. The van der Waals surface area contributed by atoms with E-state index in [1.54, 1.807) is 7.11 Å². The monoisotopic (exact) mass is 357 g/mol. The molecule has 0 bridgehead atoms. The lowest BCUT2D eigenvalue weighted by atomic mass is 9.81. The Morgan fingerprint density at radius 3 is 2.56 bits per heavy atom. The van der Waals surface area contributed by atoms with Crippen molar-refractivity contribution in [2.24, 2.45) is 11.8 Å². The van der Waals surface area contributed by atoms with Gasteiger partial charge in [-0.3, -0.25) is 10.1 Å². The molecule has 148 valence electrons. The third kappa shape index (κ3) is 8.06. The van der Waals surface area contributed by atoms with Crippen molar-refractivity contribution in [2.75, 3.05) is 20.3 Å². The second kappa shape index (κ2) is 11.1. The Balaban J connectivity index is 2.46. The molecule has 5 nitrogen and oxygen atoms in total. The van der Waals surface area contributed by atoms with E-state index in [2.05, 4.69) is 33.0 Å². The van der Waals surface area contributed by atoms with E-state index in [1.807, 2.05) is 0 Å². The zero-order valence-corrected chi connectivity index (χ0v) is 16.8. The Hall–Kier alpha value is -0.650. The van der Waals surface area contributed by atoms with E-state index in [9.17, 15) is 9.90 Å². The Morgan fingerprint density at radius 1 is 1.32 bits per heavy atom. The Bertz CT molecular complexity index is 382. The van der Waals surface area contributed by atoms with Gasteiger partial charge in [0.25, 0.3) is 0 Å². The highest BCUT2D eigenvalue weighted by atomic mass is 16.5. The van der Waals surface area contributed by atoms with Gasteiger partial charge < -0.3 is 14.6 Å². The van der Waals surface area contributed by atoms with Crippen LogP contribution in [0.25, 0.3) is 0 Å². The molecule has 1 heterocycles. The smallest absolute Gasteiger partial charge is 0.320 e. The summed E-state index contributed by atoms with van der Waals surface area (Å²) in [4.78, 5) is 11.6. The molecule has 0 aromatic carbocycles. The van der Waals surface area contributed by atoms with Crippen molar-refractivity contribution in [2.45, 2.75) is 90.3 Å². The van der Waals surface area contributed by atoms with E-state index in [1.165, 1.54) is 6.42 Å². The van der Waals surface area contributed by atoms with Gasteiger partial charge in [-0.2, -0.15) is 0 Å². The molecule has 0 saturated carbocycles. The maximum Gasteiger partial charge on any atom is 0.320 e. The second-order valence-electron chi connectivity index (χ2n) is 8.25. The van der Waals surface area contributed by atoms with E-state index in [0.29, 0.717) is 24.9 Å². The summed E-state index contributed by atoms with van der Waals surface area (Å²) in [5.74, 6) is 0.391. The van der Waals surface area contributed by atoms with Gasteiger partial charge in [0.05, 0.1) is 12.2 Å². The fraction of sp³-hybridized carbons (Fsp3) is 0.950. The van der Waals surface area contributed by atoms with Gasteiger partial charge in [-0.1, -0.05) is 27.2 Å². The number of hydrogen-bond acceptors (Lipinski definition) is 4. The van der Waals surface area contributed by atoms with Crippen LogP contribution < -0.4 is 5.32 Å². The first-order valence-corrected chi connectivity index (χ1v) is 9.90. The lowest BCUT2D eigenvalue weighted by Crippen LogP contribution is -2.47. The number of hydrogen-bond donors (Lipinski definition) is 2. The highest BCUT2D eigenvalue weighted by Gasteiger charge is 2.31. The molecule has 0 amide bonds. The number of rotatable bonds is 12. The van der Waals surface area contributed by atoms with Gasteiger partial charge in [-0.05, 0) is 57.3 Å². The van der Waals surface area contributed by atoms with Crippen LogP contribution in [0.5, 0.6) is 0 Å². The van der Waals surface area contributed by atoms with Crippen LogP contribution >= 0.6 is 0 Å². The van der Waals surface area contributed by atoms with Gasteiger partial charge in [0, 0.05) is 19.8 Å². The molecule has 0 spiro atoms. The van der Waals surface area contributed by atoms with Crippen molar-refractivity contribution in [1.29, 1.82) is 0 Å². The first-order valence-electron chi connectivity index (χ1n) is 9.90. The largest absolute Gasteiger partial charge is 0.480 e. The van der Waals surface area contributed by atoms with Gasteiger partial charge in [-0.15, -0.1) is 0 Å². The molecule has 4 atom stereocenters. The van der Waals surface area contributed by atoms with Gasteiger partial charge >= 0.3 is 5.97 Å². The number of carboxylic acids is 1. The van der Waals surface area contributed by atoms with Crippen LogP contribution in [0.1, 0.15) is 72.6 Å². The number of methoxy groups -OCH3 is 1. The van der Waals surface area contributed by atoms with Crippen molar-refractivity contribution in [3.8, 4) is 0 Å². The number of carbonyl (C=O) groups is 1. The summed E-state index contributed by atoms with van der Waals surface area (Å²) in [5.41, 5.74) is -0.189. The van der Waals surface area contributed by atoms with Crippen LogP contribution in [0, 0.1) is 11.8 Å². The average Bonchev–Trinajstić information content (AvgIpc) is 2.59. The maximum atomic E-state index is 11.6. The fourth-order valence-electron chi connectivity index (χ4n) is 3.53. The van der Waals surface area contributed by atoms with E-state index in [4.69, 9.17) is 9.47 Å². The molecule has 1 aliphatic heterocycles.